The first kappa shape index (κ1) is 16.8. The standard InChI is InChI=1S/C18H15F2N3O2S/c19-12-5-6-13(14(20)9-12)18(24)23-7-1-3-11(10-23)16-21-22-17(25-16)15-4-2-8-26-15/h2,4-6,8-9,11H,1,3,7,10H2/t11-/m0/s1. The summed E-state index contributed by atoms with van der Waals surface area (Å²) >= 11 is 1.51. The summed E-state index contributed by atoms with van der Waals surface area (Å²) in [6.45, 7) is 0.875. The zero-order valence-corrected chi connectivity index (χ0v) is 14.5. The van der Waals surface area contributed by atoms with Crippen LogP contribution in [0.2, 0.25) is 0 Å². The highest BCUT2D eigenvalue weighted by atomic mass is 32.1. The maximum atomic E-state index is 13.9. The number of halogens is 2. The SMILES string of the molecule is O=C(c1ccc(F)cc1F)N1CCC[C@H](c2nnc(-c3cccs3)o2)C1. The summed E-state index contributed by atoms with van der Waals surface area (Å²) in [5.74, 6) is -1.17. The molecule has 0 unspecified atom stereocenters. The first-order chi connectivity index (χ1) is 12.6. The number of nitrogens with zero attached hydrogens (tertiary/aromatic N) is 3. The molecule has 1 amide bonds. The molecule has 1 atom stereocenters. The van der Waals surface area contributed by atoms with Gasteiger partial charge in [-0.1, -0.05) is 6.07 Å². The predicted molar refractivity (Wildman–Crippen MR) is 91.8 cm³/mol. The second-order valence-corrected chi connectivity index (χ2v) is 7.08. The average Bonchev–Trinajstić information content (AvgIpc) is 3.33. The fourth-order valence-corrected chi connectivity index (χ4v) is 3.74. The molecule has 1 aromatic carbocycles. The molecule has 4 rings (SSSR count). The van der Waals surface area contributed by atoms with Crippen LogP contribution in [0.3, 0.4) is 0 Å². The summed E-state index contributed by atoms with van der Waals surface area (Å²) in [5, 5.41) is 10.1. The van der Waals surface area contributed by atoms with Gasteiger partial charge in [0.2, 0.25) is 5.89 Å². The van der Waals surface area contributed by atoms with Crippen molar-refractivity contribution in [2.24, 2.45) is 0 Å². The Morgan fingerprint density at radius 1 is 1.27 bits per heavy atom. The number of hydrogen-bond acceptors (Lipinski definition) is 5. The Labute approximate surface area is 152 Å². The molecule has 1 saturated heterocycles. The van der Waals surface area contributed by atoms with E-state index in [-0.39, 0.29) is 11.5 Å². The highest BCUT2D eigenvalue weighted by Crippen LogP contribution is 2.30. The molecule has 5 nitrogen and oxygen atoms in total. The molecule has 1 fully saturated rings. The van der Waals surface area contributed by atoms with Gasteiger partial charge < -0.3 is 9.32 Å². The van der Waals surface area contributed by atoms with E-state index in [2.05, 4.69) is 10.2 Å². The van der Waals surface area contributed by atoms with E-state index < -0.39 is 17.5 Å². The Hall–Kier alpha value is -2.61. The maximum absolute atomic E-state index is 13.9. The number of hydrogen-bond donors (Lipinski definition) is 0. The van der Waals surface area contributed by atoms with E-state index in [4.69, 9.17) is 4.42 Å². The van der Waals surface area contributed by atoms with Gasteiger partial charge in [-0.3, -0.25) is 4.79 Å². The number of carbonyl (C=O) groups excluding carboxylic acids is 1. The Kier molecular flexibility index (Phi) is 4.50. The van der Waals surface area contributed by atoms with Crippen LogP contribution in [-0.4, -0.2) is 34.1 Å². The smallest absolute Gasteiger partial charge is 0.257 e. The van der Waals surface area contributed by atoms with Crippen LogP contribution < -0.4 is 0 Å². The van der Waals surface area contributed by atoms with E-state index >= 15 is 0 Å². The minimum absolute atomic E-state index is 0.0996. The lowest BCUT2D eigenvalue weighted by Gasteiger charge is -2.31. The molecule has 1 aliphatic heterocycles. The van der Waals surface area contributed by atoms with Crippen LogP contribution in [0.5, 0.6) is 0 Å². The van der Waals surface area contributed by atoms with Crippen molar-refractivity contribution in [1.29, 1.82) is 0 Å². The van der Waals surface area contributed by atoms with Gasteiger partial charge in [-0.2, -0.15) is 0 Å². The fourth-order valence-electron chi connectivity index (χ4n) is 3.10. The summed E-state index contributed by atoms with van der Waals surface area (Å²) in [4.78, 5) is 15.0. The molecular weight excluding hydrogens is 360 g/mol. The van der Waals surface area contributed by atoms with Gasteiger partial charge in [-0.05, 0) is 36.4 Å². The van der Waals surface area contributed by atoms with Gasteiger partial charge in [-0.15, -0.1) is 21.5 Å². The highest BCUT2D eigenvalue weighted by Gasteiger charge is 2.30. The molecule has 1 aliphatic rings. The van der Waals surface area contributed by atoms with Crippen LogP contribution in [-0.2, 0) is 0 Å². The van der Waals surface area contributed by atoms with Crippen molar-refractivity contribution in [3.63, 3.8) is 0 Å². The minimum Gasteiger partial charge on any atom is -0.420 e. The van der Waals surface area contributed by atoms with Crippen molar-refractivity contribution >= 4 is 17.2 Å². The van der Waals surface area contributed by atoms with Gasteiger partial charge in [0.1, 0.15) is 11.6 Å². The van der Waals surface area contributed by atoms with Gasteiger partial charge in [0.05, 0.1) is 16.4 Å². The maximum Gasteiger partial charge on any atom is 0.257 e. The number of thiophene rings is 1. The second kappa shape index (κ2) is 6.95. The lowest BCUT2D eigenvalue weighted by molar-refractivity contribution is 0.0693. The van der Waals surface area contributed by atoms with Gasteiger partial charge >= 0.3 is 0 Å². The number of likely N-dealkylation sites (tertiary alicyclic amines) is 1. The van der Waals surface area contributed by atoms with Crippen molar-refractivity contribution in [1.82, 2.24) is 15.1 Å². The normalized spacial score (nSPS) is 17.5. The third-order valence-corrected chi connectivity index (χ3v) is 5.25. The molecule has 26 heavy (non-hydrogen) atoms. The van der Waals surface area contributed by atoms with E-state index in [0.717, 1.165) is 29.9 Å². The molecule has 0 spiro atoms. The molecule has 134 valence electrons. The molecule has 0 bridgehead atoms. The Balaban J connectivity index is 1.51. The molecule has 0 saturated carbocycles. The van der Waals surface area contributed by atoms with Crippen LogP contribution in [0.4, 0.5) is 8.78 Å². The van der Waals surface area contributed by atoms with Crippen molar-refractivity contribution in [2.75, 3.05) is 13.1 Å². The monoisotopic (exact) mass is 375 g/mol. The number of aromatic nitrogens is 2. The number of amides is 1. The Bertz CT molecular complexity index is 926. The van der Waals surface area contributed by atoms with Crippen molar-refractivity contribution in [2.45, 2.75) is 18.8 Å². The van der Waals surface area contributed by atoms with E-state index in [1.54, 1.807) is 4.90 Å². The summed E-state index contributed by atoms with van der Waals surface area (Å²) in [6.07, 6.45) is 1.55. The molecule has 3 aromatic rings. The number of carbonyl (C=O) groups is 1. The predicted octanol–water partition coefficient (Wildman–Crippen LogP) is 4.10. The zero-order valence-electron chi connectivity index (χ0n) is 13.7. The van der Waals surface area contributed by atoms with Crippen molar-refractivity contribution in [3.05, 3.63) is 58.8 Å². The van der Waals surface area contributed by atoms with E-state index in [9.17, 15) is 13.6 Å². The lowest BCUT2D eigenvalue weighted by Crippen LogP contribution is -2.39. The molecule has 0 radical (unpaired) electrons. The van der Waals surface area contributed by atoms with Crippen LogP contribution in [0, 0.1) is 11.6 Å². The Morgan fingerprint density at radius 3 is 2.92 bits per heavy atom. The molecule has 0 aliphatic carbocycles. The van der Waals surface area contributed by atoms with E-state index in [1.165, 1.54) is 17.4 Å². The molecular formula is C18H15F2N3O2S. The van der Waals surface area contributed by atoms with Gasteiger partial charge in [0.25, 0.3) is 11.8 Å². The first-order valence-corrected chi connectivity index (χ1v) is 9.11. The van der Waals surface area contributed by atoms with Crippen molar-refractivity contribution in [3.8, 4) is 10.8 Å². The largest absolute Gasteiger partial charge is 0.420 e. The fraction of sp³-hybridized carbons (Fsp3) is 0.278. The number of rotatable bonds is 3. The van der Waals surface area contributed by atoms with Gasteiger partial charge in [0, 0.05) is 19.2 Å². The summed E-state index contributed by atoms with van der Waals surface area (Å²) in [7, 11) is 0. The minimum atomic E-state index is -0.852. The average molecular weight is 375 g/mol. The first-order valence-electron chi connectivity index (χ1n) is 8.23. The van der Waals surface area contributed by atoms with Crippen LogP contribution in [0.15, 0.2) is 40.1 Å². The Morgan fingerprint density at radius 2 is 2.15 bits per heavy atom. The third-order valence-electron chi connectivity index (χ3n) is 4.39. The number of piperidine rings is 1. The van der Waals surface area contributed by atoms with Crippen LogP contribution in [0.25, 0.3) is 10.8 Å². The summed E-state index contributed by atoms with van der Waals surface area (Å²) < 4.78 is 32.7. The summed E-state index contributed by atoms with van der Waals surface area (Å²) in [6, 6.07) is 6.79. The molecule has 8 heteroatoms. The second-order valence-electron chi connectivity index (χ2n) is 6.14. The van der Waals surface area contributed by atoms with E-state index in [0.29, 0.717) is 24.9 Å². The molecule has 3 heterocycles. The quantitative estimate of drug-likeness (QED) is 0.692. The van der Waals surface area contributed by atoms with E-state index in [1.807, 2.05) is 17.5 Å². The number of benzene rings is 1. The lowest BCUT2D eigenvalue weighted by atomic mass is 9.97. The topological polar surface area (TPSA) is 59.2 Å². The zero-order chi connectivity index (χ0) is 18.1. The van der Waals surface area contributed by atoms with Crippen LogP contribution >= 0.6 is 11.3 Å². The summed E-state index contributed by atoms with van der Waals surface area (Å²) in [5.41, 5.74) is -0.128. The van der Waals surface area contributed by atoms with Crippen molar-refractivity contribution < 1.29 is 18.0 Å². The van der Waals surface area contributed by atoms with Gasteiger partial charge in [-0.25, -0.2) is 8.78 Å². The van der Waals surface area contributed by atoms with Gasteiger partial charge in [0.15, 0.2) is 0 Å². The van der Waals surface area contributed by atoms with Crippen LogP contribution in [0.1, 0.15) is 35.0 Å². The molecule has 2 aromatic heterocycles. The highest BCUT2D eigenvalue weighted by molar-refractivity contribution is 7.13. The third kappa shape index (κ3) is 3.24. The molecule has 0 N–H and O–H groups in total.